The molecule has 0 saturated carbocycles. The minimum Gasteiger partial charge on any atom is -0.385 e. The number of piperidine rings is 1. The van der Waals surface area contributed by atoms with Crippen molar-refractivity contribution in [2.75, 3.05) is 46.6 Å². The van der Waals surface area contributed by atoms with Crippen LogP contribution in [0.25, 0.3) is 0 Å². The van der Waals surface area contributed by atoms with Crippen LogP contribution in [0.2, 0.25) is 0 Å². The number of methoxy groups -OCH3 is 1. The first-order valence-corrected chi connectivity index (χ1v) is 11.7. The first-order valence-electron chi connectivity index (χ1n) is 11.7. The molecule has 0 unspecified atom stereocenters. The van der Waals surface area contributed by atoms with Crippen molar-refractivity contribution in [2.24, 2.45) is 0 Å². The third kappa shape index (κ3) is 5.48. The lowest BCUT2D eigenvalue weighted by atomic mass is 9.75. The number of carbonyl (C=O) groups excluding carboxylic acids is 1. The number of aromatic nitrogens is 2. The van der Waals surface area contributed by atoms with Gasteiger partial charge in [0, 0.05) is 57.9 Å². The number of nitrogens with zero attached hydrogens (tertiary/aromatic N) is 3. The molecular weight excluding hydrogens is 408 g/mol. The zero-order valence-corrected chi connectivity index (χ0v) is 18.9. The molecule has 4 rings (SSSR count). The zero-order chi connectivity index (χ0) is 22.2. The van der Waals surface area contributed by atoms with Gasteiger partial charge in [-0.25, -0.2) is 4.79 Å². The molecule has 2 aromatic rings. The largest absolute Gasteiger partial charge is 0.385 e. The van der Waals surface area contributed by atoms with Crippen molar-refractivity contribution in [3.05, 3.63) is 47.6 Å². The van der Waals surface area contributed by atoms with Crippen LogP contribution in [-0.2, 0) is 21.3 Å². The molecule has 2 saturated heterocycles. The summed E-state index contributed by atoms with van der Waals surface area (Å²) >= 11 is 0. The molecule has 3 heterocycles. The van der Waals surface area contributed by atoms with E-state index in [-0.39, 0.29) is 17.4 Å². The highest BCUT2D eigenvalue weighted by atomic mass is 16.5. The molecule has 2 fully saturated rings. The fraction of sp³-hybridized carbons (Fsp3) is 0.625. The average molecular weight is 443 g/mol. The summed E-state index contributed by atoms with van der Waals surface area (Å²) in [5.41, 5.74) is 1.01. The normalized spacial score (nSPS) is 19.1. The Morgan fingerprint density at radius 3 is 2.69 bits per heavy atom. The van der Waals surface area contributed by atoms with Gasteiger partial charge in [-0.1, -0.05) is 35.5 Å². The molecule has 0 spiro atoms. The quantitative estimate of drug-likeness (QED) is 0.675. The van der Waals surface area contributed by atoms with Crippen molar-refractivity contribution in [3.63, 3.8) is 0 Å². The smallest absolute Gasteiger partial charge is 0.317 e. The van der Waals surface area contributed by atoms with Gasteiger partial charge in [-0.3, -0.25) is 0 Å². The van der Waals surface area contributed by atoms with Crippen LogP contribution < -0.4 is 5.32 Å². The van der Waals surface area contributed by atoms with Crippen LogP contribution in [0, 0.1) is 0 Å². The van der Waals surface area contributed by atoms with E-state index in [1.165, 1.54) is 5.56 Å². The second-order valence-corrected chi connectivity index (χ2v) is 8.82. The van der Waals surface area contributed by atoms with Crippen molar-refractivity contribution >= 4 is 6.03 Å². The maximum absolute atomic E-state index is 12.7. The van der Waals surface area contributed by atoms with Gasteiger partial charge in [-0.15, -0.1) is 0 Å². The molecule has 32 heavy (non-hydrogen) atoms. The summed E-state index contributed by atoms with van der Waals surface area (Å²) in [5.74, 6) is 1.77. The number of urea groups is 1. The summed E-state index contributed by atoms with van der Waals surface area (Å²) in [5, 5.41) is 7.45. The highest BCUT2D eigenvalue weighted by molar-refractivity contribution is 5.74. The molecule has 8 nitrogen and oxygen atoms in total. The summed E-state index contributed by atoms with van der Waals surface area (Å²) < 4.78 is 16.5. The summed E-state index contributed by atoms with van der Waals surface area (Å²) in [4.78, 5) is 19.4. The van der Waals surface area contributed by atoms with E-state index in [1.807, 2.05) is 23.1 Å². The number of ether oxygens (including phenoxy) is 2. The van der Waals surface area contributed by atoms with Crippen LogP contribution >= 0.6 is 0 Å². The molecular formula is C24H34N4O4. The number of amides is 2. The third-order valence-corrected chi connectivity index (χ3v) is 6.81. The highest BCUT2D eigenvalue weighted by Gasteiger charge is 2.41. The Hall–Kier alpha value is -2.45. The van der Waals surface area contributed by atoms with E-state index in [0.29, 0.717) is 26.2 Å². The van der Waals surface area contributed by atoms with E-state index in [1.54, 1.807) is 7.11 Å². The number of likely N-dealkylation sites (tertiary alicyclic amines) is 1. The number of benzene rings is 1. The van der Waals surface area contributed by atoms with Gasteiger partial charge >= 0.3 is 6.03 Å². The molecule has 1 aromatic heterocycles. The van der Waals surface area contributed by atoms with Crippen LogP contribution in [0.15, 0.2) is 34.9 Å². The summed E-state index contributed by atoms with van der Waals surface area (Å²) in [7, 11) is 1.71. The van der Waals surface area contributed by atoms with Crippen molar-refractivity contribution in [1.82, 2.24) is 20.4 Å². The minimum atomic E-state index is -0.219. The van der Waals surface area contributed by atoms with E-state index in [4.69, 9.17) is 19.0 Å². The van der Waals surface area contributed by atoms with E-state index in [9.17, 15) is 4.79 Å². The van der Waals surface area contributed by atoms with Crippen LogP contribution in [0.1, 0.15) is 55.3 Å². The molecule has 0 bridgehead atoms. The third-order valence-electron chi connectivity index (χ3n) is 6.81. The minimum absolute atomic E-state index is 0.00252. The van der Waals surface area contributed by atoms with Crippen LogP contribution in [0.3, 0.4) is 0 Å². The van der Waals surface area contributed by atoms with Gasteiger partial charge in [0.1, 0.15) is 0 Å². The first kappa shape index (κ1) is 22.7. The molecule has 2 aliphatic rings. The second-order valence-electron chi connectivity index (χ2n) is 8.82. The second kappa shape index (κ2) is 10.9. The van der Waals surface area contributed by atoms with Gasteiger partial charge in [-0.2, -0.15) is 4.98 Å². The molecule has 1 aromatic carbocycles. The lowest BCUT2D eigenvalue weighted by molar-refractivity contribution is 0.0778. The van der Waals surface area contributed by atoms with Crippen molar-refractivity contribution < 1.29 is 18.8 Å². The SMILES string of the molecule is COCCC1(c2noc(C3CCOCC3)n2)CCN(C(=O)NCCc2ccccc2)CC1. The predicted octanol–water partition coefficient (Wildman–Crippen LogP) is 3.29. The summed E-state index contributed by atoms with van der Waals surface area (Å²) in [6.45, 7) is 4.08. The highest BCUT2D eigenvalue weighted by Crippen LogP contribution is 2.38. The van der Waals surface area contributed by atoms with Crippen molar-refractivity contribution in [1.29, 1.82) is 0 Å². The van der Waals surface area contributed by atoms with Crippen LogP contribution in [0.4, 0.5) is 4.79 Å². The Balaban J connectivity index is 1.34. The van der Waals surface area contributed by atoms with Crippen molar-refractivity contribution in [2.45, 2.75) is 49.9 Å². The number of hydrogen-bond donors (Lipinski definition) is 1. The predicted molar refractivity (Wildman–Crippen MR) is 120 cm³/mol. The zero-order valence-electron chi connectivity index (χ0n) is 18.9. The standard InChI is InChI=1S/C24H34N4O4/c1-30-18-12-24(22-26-21(32-27-22)20-8-16-31-17-9-20)10-14-28(15-11-24)23(29)25-13-7-19-5-3-2-4-6-19/h2-6,20H,7-18H2,1H3,(H,25,29). The van der Waals surface area contributed by atoms with E-state index < -0.39 is 0 Å². The lowest BCUT2D eigenvalue weighted by Gasteiger charge is -2.39. The lowest BCUT2D eigenvalue weighted by Crippen LogP contribution is -2.49. The summed E-state index contributed by atoms with van der Waals surface area (Å²) in [6.07, 6.45) is 5.09. The van der Waals surface area contributed by atoms with Gasteiger partial charge in [0.2, 0.25) is 5.89 Å². The van der Waals surface area contributed by atoms with Crippen molar-refractivity contribution in [3.8, 4) is 0 Å². The van der Waals surface area contributed by atoms with Crippen LogP contribution in [-0.4, -0.2) is 67.6 Å². The maximum Gasteiger partial charge on any atom is 0.317 e. The molecule has 0 radical (unpaired) electrons. The first-order chi connectivity index (χ1) is 15.7. The molecule has 0 atom stereocenters. The number of hydrogen-bond acceptors (Lipinski definition) is 6. The average Bonchev–Trinajstić information content (AvgIpc) is 3.35. The van der Waals surface area contributed by atoms with E-state index >= 15 is 0 Å². The van der Waals surface area contributed by atoms with Gasteiger partial charge in [0.15, 0.2) is 5.82 Å². The molecule has 2 aliphatic heterocycles. The fourth-order valence-electron chi connectivity index (χ4n) is 4.65. The van der Waals surface area contributed by atoms with Gasteiger partial charge in [-0.05, 0) is 44.1 Å². The molecule has 8 heteroatoms. The Morgan fingerprint density at radius 2 is 1.97 bits per heavy atom. The Kier molecular flexibility index (Phi) is 7.76. The fourth-order valence-corrected chi connectivity index (χ4v) is 4.65. The Morgan fingerprint density at radius 1 is 1.22 bits per heavy atom. The molecule has 174 valence electrons. The van der Waals surface area contributed by atoms with Gasteiger partial charge in [0.05, 0.1) is 0 Å². The Bertz CT molecular complexity index is 843. The molecule has 1 N–H and O–H groups in total. The maximum atomic E-state index is 12.7. The van der Waals surface area contributed by atoms with Gasteiger partial charge in [0.25, 0.3) is 0 Å². The number of nitrogens with one attached hydrogen (secondary N) is 1. The molecule has 0 aliphatic carbocycles. The number of carbonyl (C=O) groups is 1. The van der Waals surface area contributed by atoms with E-state index in [0.717, 1.165) is 63.5 Å². The monoisotopic (exact) mass is 442 g/mol. The topological polar surface area (TPSA) is 89.7 Å². The Labute approximate surface area is 189 Å². The summed E-state index contributed by atoms with van der Waals surface area (Å²) in [6, 6.07) is 10.2. The van der Waals surface area contributed by atoms with E-state index in [2.05, 4.69) is 22.6 Å². The van der Waals surface area contributed by atoms with Gasteiger partial charge < -0.3 is 24.2 Å². The molecule has 2 amide bonds. The van der Waals surface area contributed by atoms with Crippen LogP contribution in [0.5, 0.6) is 0 Å². The number of rotatable bonds is 8.